The highest BCUT2D eigenvalue weighted by molar-refractivity contribution is 5.96. The average molecular weight is 321 g/mol. The highest BCUT2D eigenvalue weighted by Crippen LogP contribution is 2.21. The third-order valence-electron chi connectivity index (χ3n) is 3.74. The molecule has 0 aliphatic rings. The molecule has 0 unspecified atom stereocenters. The van der Waals surface area contributed by atoms with Gasteiger partial charge in [-0.05, 0) is 24.6 Å². The summed E-state index contributed by atoms with van der Waals surface area (Å²) < 4.78 is 0. The first-order chi connectivity index (χ1) is 11.7. The Bertz CT molecular complexity index is 828. The van der Waals surface area contributed by atoms with E-state index < -0.39 is 0 Å². The van der Waals surface area contributed by atoms with E-state index in [0.29, 0.717) is 11.5 Å². The Morgan fingerprint density at radius 1 is 1.21 bits per heavy atom. The van der Waals surface area contributed by atoms with E-state index in [2.05, 4.69) is 20.5 Å². The van der Waals surface area contributed by atoms with E-state index in [0.717, 1.165) is 17.0 Å². The molecule has 4 N–H and O–H groups in total. The van der Waals surface area contributed by atoms with E-state index in [1.54, 1.807) is 0 Å². The summed E-state index contributed by atoms with van der Waals surface area (Å²) in [7, 11) is 0. The minimum Gasteiger partial charge on any atom is -0.329 e. The van der Waals surface area contributed by atoms with Crippen molar-refractivity contribution in [3.05, 3.63) is 66.0 Å². The molecule has 122 valence electrons. The number of nitrogens with zero attached hydrogens (tertiary/aromatic N) is 2. The molecular formula is C18H19N5O. The van der Waals surface area contributed by atoms with E-state index in [1.807, 2.05) is 61.5 Å². The summed E-state index contributed by atoms with van der Waals surface area (Å²) >= 11 is 0. The summed E-state index contributed by atoms with van der Waals surface area (Å²) in [4.78, 5) is 16.9. The second-order valence-corrected chi connectivity index (χ2v) is 5.51. The maximum Gasteiger partial charge on any atom is 0.233 e. The van der Waals surface area contributed by atoms with Crippen LogP contribution in [0.5, 0.6) is 0 Å². The van der Waals surface area contributed by atoms with E-state index in [4.69, 9.17) is 5.73 Å². The SMILES string of the molecule is Cc1nc(-c2cccc(NC(=O)[C@@H](CN)c3ccccc3)c2)n[nH]1. The lowest BCUT2D eigenvalue weighted by Crippen LogP contribution is -2.27. The molecule has 1 aromatic heterocycles. The Balaban J connectivity index is 1.79. The minimum atomic E-state index is -0.388. The normalized spacial score (nSPS) is 11.9. The lowest BCUT2D eigenvalue weighted by Gasteiger charge is -2.15. The second kappa shape index (κ2) is 7.06. The standard InChI is InChI=1S/C18H19N5O/c1-12-20-17(23-22-12)14-8-5-9-15(10-14)21-18(24)16(11-19)13-6-3-2-4-7-13/h2-10,16H,11,19H2,1H3,(H,21,24)(H,20,22,23)/t16-/m0/s1. The van der Waals surface area contributed by atoms with Crippen molar-refractivity contribution < 1.29 is 4.79 Å². The molecule has 6 nitrogen and oxygen atoms in total. The third kappa shape index (κ3) is 3.49. The van der Waals surface area contributed by atoms with Crippen LogP contribution in [0.3, 0.4) is 0 Å². The van der Waals surface area contributed by atoms with Gasteiger partial charge in [0.2, 0.25) is 5.91 Å². The summed E-state index contributed by atoms with van der Waals surface area (Å²) in [5.74, 6) is 0.821. The molecule has 1 atom stereocenters. The summed E-state index contributed by atoms with van der Waals surface area (Å²) in [5, 5.41) is 9.87. The molecule has 0 saturated carbocycles. The first kappa shape index (κ1) is 15.9. The molecule has 24 heavy (non-hydrogen) atoms. The van der Waals surface area contributed by atoms with Gasteiger partial charge in [-0.15, -0.1) is 0 Å². The number of carbonyl (C=O) groups is 1. The van der Waals surface area contributed by atoms with Gasteiger partial charge in [0.05, 0.1) is 5.92 Å². The molecule has 0 spiro atoms. The van der Waals surface area contributed by atoms with Gasteiger partial charge in [0, 0.05) is 17.8 Å². The van der Waals surface area contributed by atoms with E-state index in [1.165, 1.54) is 0 Å². The molecule has 0 bridgehead atoms. The van der Waals surface area contributed by atoms with Gasteiger partial charge in [-0.2, -0.15) is 5.10 Å². The van der Waals surface area contributed by atoms with Gasteiger partial charge >= 0.3 is 0 Å². The Morgan fingerprint density at radius 2 is 2.00 bits per heavy atom. The van der Waals surface area contributed by atoms with Crippen LogP contribution in [0.15, 0.2) is 54.6 Å². The molecule has 3 rings (SSSR count). The molecule has 0 fully saturated rings. The zero-order valence-electron chi connectivity index (χ0n) is 13.4. The van der Waals surface area contributed by atoms with Crippen LogP contribution in [0.25, 0.3) is 11.4 Å². The number of nitrogens with one attached hydrogen (secondary N) is 2. The molecule has 0 saturated heterocycles. The summed E-state index contributed by atoms with van der Waals surface area (Å²) in [6.45, 7) is 2.09. The van der Waals surface area contributed by atoms with Crippen molar-refractivity contribution in [2.45, 2.75) is 12.8 Å². The van der Waals surface area contributed by atoms with Crippen molar-refractivity contribution in [3.63, 3.8) is 0 Å². The fourth-order valence-corrected chi connectivity index (χ4v) is 2.52. The highest BCUT2D eigenvalue weighted by Gasteiger charge is 2.19. The number of rotatable bonds is 5. The number of aromatic amines is 1. The zero-order valence-corrected chi connectivity index (χ0v) is 13.4. The van der Waals surface area contributed by atoms with Crippen molar-refractivity contribution in [3.8, 4) is 11.4 Å². The van der Waals surface area contributed by atoms with E-state index >= 15 is 0 Å². The van der Waals surface area contributed by atoms with Crippen LogP contribution in [0.2, 0.25) is 0 Å². The molecule has 1 heterocycles. The van der Waals surface area contributed by atoms with Gasteiger partial charge in [0.25, 0.3) is 0 Å². The molecule has 3 aromatic rings. The van der Waals surface area contributed by atoms with Crippen LogP contribution >= 0.6 is 0 Å². The molecule has 1 amide bonds. The molecule has 6 heteroatoms. The number of carbonyl (C=O) groups excluding carboxylic acids is 1. The van der Waals surface area contributed by atoms with E-state index in [9.17, 15) is 4.79 Å². The number of benzene rings is 2. The summed E-state index contributed by atoms with van der Waals surface area (Å²) in [5.41, 5.74) is 8.22. The van der Waals surface area contributed by atoms with Gasteiger partial charge in [-0.25, -0.2) is 4.98 Å². The fourth-order valence-electron chi connectivity index (χ4n) is 2.52. The second-order valence-electron chi connectivity index (χ2n) is 5.51. The van der Waals surface area contributed by atoms with Gasteiger partial charge in [0.15, 0.2) is 5.82 Å². The topological polar surface area (TPSA) is 96.7 Å². The Morgan fingerprint density at radius 3 is 2.67 bits per heavy atom. The largest absolute Gasteiger partial charge is 0.329 e. The number of aryl methyl sites for hydroxylation is 1. The first-order valence-corrected chi connectivity index (χ1v) is 7.72. The van der Waals surface area contributed by atoms with Crippen LogP contribution in [-0.2, 0) is 4.79 Å². The number of hydrogen-bond donors (Lipinski definition) is 3. The maximum atomic E-state index is 12.6. The number of nitrogens with two attached hydrogens (primary N) is 1. The van der Waals surface area contributed by atoms with Crippen molar-refractivity contribution in [1.29, 1.82) is 0 Å². The molecular weight excluding hydrogens is 302 g/mol. The van der Waals surface area contributed by atoms with Crippen LogP contribution in [-0.4, -0.2) is 27.6 Å². The number of H-pyrrole nitrogens is 1. The number of amides is 1. The van der Waals surface area contributed by atoms with Crippen molar-refractivity contribution >= 4 is 11.6 Å². The van der Waals surface area contributed by atoms with Crippen molar-refractivity contribution in [2.24, 2.45) is 5.73 Å². The number of hydrogen-bond acceptors (Lipinski definition) is 4. The molecule has 2 aromatic carbocycles. The summed E-state index contributed by atoms with van der Waals surface area (Å²) in [6, 6.07) is 17.0. The maximum absolute atomic E-state index is 12.6. The smallest absolute Gasteiger partial charge is 0.233 e. The molecule has 0 aliphatic carbocycles. The van der Waals surface area contributed by atoms with Crippen LogP contribution < -0.4 is 11.1 Å². The van der Waals surface area contributed by atoms with Gasteiger partial charge in [-0.1, -0.05) is 42.5 Å². The average Bonchev–Trinajstić information content (AvgIpc) is 3.03. The number of anilines is 1. The van der Waals surface area contributed by atoms with Gasteiger partial charge in [-0.3, -0.25) is 9.89 Å². The fraction of sp³-hybridized carbons (Fsp3) is 0.167. The quantitative estimate of drug-likeness (QED) is 0.672. The zero-order chi connectivity index (χ0) is 16.9. The predicted molar refractivity (Wildman–Crippen MR) is 93.4 cm³/mol. The minimum absolute atomic E-state index is 0.132. The van der Waals surface area contributed by atoms with Crippen molar-refractivity contribution in [1.82, 2.24) is 15.2 Å². The first-order valence-electron chi connectivity index (χ1n) is 7.72. The number of aromatic nitrogens is 3. The predicted octanol–water partition coefficient (Wildman–Crippen LogP) is 2.46. The Labute approximate surface area is 140 Å². The van der Waals surface area contributed by atoms with E-state index in [-0.39, 0.29) is 18.4 Å². The Hall–Kier alpha value is -2.99. The summed E-state index contributed by atoms with van der Waals surface area (Å²) in [6.07, 6.45) is 0. The monoisotopic (exact) mass is 321 g/mol. The molecule has 0 aliphatic heterocycles. The third-order valence-corrected chi connectivity index (χ3v) is 3.74. The van der Waals surface area contributed by atoms with Crippen molar-refractivity contribution in [2.75, 3.05) is 11.9 Å². The lowest BCUT2D eigenvalue weighted by atomic mass is 9.98. The highest BCUT2D eigenvalue weighted by atomic mass is 16.1. The lowest BCUT2D eigenvalue weighted by molar-refractivity contribution is -0.117. The van der Waals surface area contributed by atoms with Crippen LogP contribution in [0.1, 0.15) is 17.3 Å². The van der Waals surface area contributed by atoms with Crippen LogP contribution in [0, 0.1) is 6.92 Å². The molecule has 0 radical (unpaired) electrons. The Kier molecular flexibility index (Phi) is 4.67. The van der Waals surface area contributed by atoms with Gasteiger partial charge in [0.1, 0.15) is 5.82 Å². The van der Waals surface area contributed by atoms with Gasteiger partial charge < -0.3 is 11.1 Å². The van der Waals surface area contributed by atoms with Crippen LogP contribution in [0.4, 0.5) is 5.69 Å².